The molecule has 19 heavy (non-hydrogen) atoms. The number of amidine groups is 1. The van der Waals surface area contributed by atoms with Crippen molar-refractivity contribution in [2.24, 2.45) is 10.9 Å². The van der Waals surface area contributed by atoms with E-state index in [0.29, 0.717) is 5.92 Å². The summed E-state index contributed by atoms with van der Waals surface area (Å²) in [5, 5.41) is 0. The standard InChI is InChI=1S/C16H23N3/c1-13-9-12-18(2)16(13)17-14-7-3-4-8-15(14)19-10-5-6-11-19/h3-4,7-8,13H,5-6,9-12H2,1-2H3/b17-16+. The average molecular weight is 257 g/mol. The van der Waals surface area contributed by atoms with Crippen LogP contribution in [0.2, 0.25) is 0 Å². The third-order valence-electron chi connectivity index (χ3n) is 4.29. The second-order valence-electron chi connectivity index (χ2n) is 5.76. The maximum absolute atomic E-state index is 4.97. The molecule has 2 aliphatic rings. The molecule has 2 saturated heterocycles. The minimum atomic E-state index is 0.580. The smallest absolute Gasteiger partial charge is 0.108 e. The van der Waals surface area contributed by atoms with Crippen LogP contribution in [-0.4, -0.2) is 37.4 Å². The fraction of sp³-hybridized carbons (Fsp3) is 0.562. The van der Waals surface area contributed by atoms with Gasteiger partial charge < -0.3 is 9.80 Å². The van der Waals surface area contributed by atoms with Gasteiger partial charge >= 0.3 is 0 Å². The minimum Gasteiger partial charge on any atom is -0.370 e. The number of anilines is 1. The summed E-state index contributed by atoms with van der Waals surface area (Å²) in [5.74, 6) is 1.82. The van der Waals surface area contributed by atoms with E-state index in [0.717, 1.165) is 12.2 Å². The Morgan fingerprint density at radius 2 is 1.84 bits per heavy atom. The normalized spacial score (nSPS) is 25.6. The fourth-order valence-corrected chi connectivity index (χ4v) is 3.11. The van der Waals surface area contributed by atoms with Crippen LogP contribution in [0.3, 0.4) is 0 Å². The van der Waals surface area contributed by atoms with Crippen molar-refractivity contribution < 1.29 is 0 Å². The van der Waals surface area contributed by atoms with Crippen LogP contribution < -0.4 is 4.90 Å². The van der Waals surface area contributed by atoms with Crippen molar-refractivity contribution in [1.29, 1.82) is 0 Å². The van der Waals surface area contributed by atoms with Gasteiger partial charge in [-0.2, -0.15) is 0 Å². The molecule has 3 heteroatoms. The third-order valence-corrected chi connectivity index (χ3v) is 4.29. The first-order valence-corrected chi connectivity index (χ1v) is 7.39. The zero-order valence-corrected chi connectivity index (χ0v) is 12.0. The maximum atomic E-state index is 4.97. The van der Waals surface area contributed by atoms with Gasteiger partial charge in [-0.15, -0.1) is 0 Å². The molecule has 1 unspecified atom stereocenters. The third kappa shape index (κ3) is 2.46. The molecule has 0 amide bonds. The van der Waals surface area contributed by atoms with Crippen molar-refractivity contribution >= 4 is 17.2 Å². The molecule has 0 N–H and O–H groups in total. The molecular weight excluding hydrogens is 234 g/mol. The van der Waals surface area contributed by atoms with E-state index >= 15 is 0 Å². The predicted molar refractivity (Wildman–Crippen MR) is 81.4 cm³/mol. The number of para-hydroxylation sites is 2. The highest BCUT2D eigenvalue weighted by Gasteiger charge is 2.23. The lowest BCUT2D eigenvalue weighted by atomic mass is 10.1. The first-order chi connectivity index (χ1) is 9.25. The Morgan fingerprint density at radius 3 is 2.53 bits per heavy atom. The van der Waals surface area contributed by atoms with Crippen molar-refractivity contribution in [2.75, 3.05) is 31.6 Å². The molecule has 0 aliphatic carbocycles. The number of rotatable bonds is 2. The van der Waals surface area contributed by atoms with E-state index in [2.05, 4.69) is 48.0 Å². The van der Waals surface area contributed by atoms with Crippen LogP contribution >= 0.6 is 0 Å². The van der Waals surface area contributed by atoms with Gasteiger partial charge in [-0.05, 0) is 31.4 Å². The molecule has 0 bridgehead atoms. The van der Waals surface area contributed by atoms with Crippen molar-refractivity contribution in [3.63, 3.8) is 0 Å². The van der Waals surface area contributed by atoms with E-state index in [1.54, 1.807) is 0 Å². The van der Waals surface area contributed by atoms with E-state index in [1.807, 2.05) is 0 Å². The molecule has 2 fully saturated rings. The summed E-state index contributed by atoms with van der Waals surface area (Å²) in [6.07, 6.45) is 3.84. The second kappa shape index (κ2) is 5.24. The summed E-state index contributed by atoms with van der Waals surface area (Å²) in [4.78, 5) is 9.73. The highest BCUT2D eigenvalue weighted by molar-refractivity contribution is 5.90. The molecule has 0 aromatic heterocycles. The summed E-state index contributed by atoms with van der Waals surface area (Å²) >= 11 is 0. The highest BCUT2D eigenvalue weighted by Crippen LogP contribution is 2.32. The Kier molecular flexibility index (Phi) is 3.45. The zero-order chi connectivity index (χ0) is 13.2. The molecule has 3 rings (SSSR count). The molecule has 102 valence electrons. The van der Waals surface area contributed by atoms with Crippen LogP contribution in [0.15, 0.2) is 29.3 Å². The molecule has 0 spiro atoms. The van der Waals surface area contributed by atoms with Crippen LogP contribution in [0.1, 0.15) is 26.2 Å². The van der Waals surface area contributed by atoms with Gasteiger partial charge in [0.1, 0.15) is 5.84 Å². The fourth-order valence-electron chi connectivity index (χ4n) is 3.11. The molecule has 2 heterocycles. The maximum Gasteiger partial charge on any atom is 0.108 e. The van der Waals surface area contributed by atoms with E-state index in [9.17, 15) is 0 Å². The van der Waals surface area contributed by atoms with Crippen LogP contribution in [-0.2, 0) is 0 Å². The molecule has 0 saturated carbocycles. The first kappa shape index (κ1) is 12.5. The van der Waals surface area contributed by atoms with Gasteiger partial charge in [-0.1, -0.05) is 19.1 Å². The summed E-state index contributed by atoms with van der Waals surface area (Å²) in [5.41, 5.74) is 2.44. The summed E-state index contributed by atoms with van der Waals surface area (Å²) < 4.78 is 0. The Hall–Kier alpha value is -1.51. The van der Waals surface area contributed by atoms with Gasteiger partial charge in [-0.3, -0.25) is 0 Å². The topological polar surface area (TPSA) is 18.8 Å². The number of nitrogens with zero attached hydrogens (tertiary/aromatic N) is 3. The highest BCUT2D eigenvalue weighted by atomic mass is 15.2. The van der Waals surface area contributed by atoms with E-state index < -0.39 is 0 Å². The number of hydrogen-bond acceptors (Lipinski definition) is 2. The molecule has 3 nitrogen and oxygen atoms in total. The molecule has 0 radical (unpaired) electrons. The van der Waals surface area contributed by atoms with Crippen molar-refractivity contribution in [3.8, 4) is 0 Å². The van der Waals surface area contributed by atoms with Crippen molar-refractivity contribution in [2.45, 2.75) is 26.2 Å². The second-order valence-corrected chi connectivity index (χ2v) is 5.76. The Balaban J connectivity index is 1.94. The van der Waals surface area contributed by atoms with E-state index in [1.165, 1.54) is 43.9 Å². The first-order valence-electron chi connectivity index (χ1n) is 7.39. The predicted octanol–water partition coefficient (Wildman–Crippen LogP) is 3.29. The minimum absolute atomic E-state index is 0.580. The van der Waals surface area contributed by atoms with Gasteiger partial charge in [0.2, 0.25) is 0 Å². The lowest BCUT2D eigenvalue weighted by molar-refractivity contribution is 0.547. The van der Waals surface area contributed by atoms with Gasteiger partial charge in [0.15, 0.2) is 0 Å². The molecule has 1 aromatic carbocycles. The lowest BCUT2D eigenvalue weighted by Crippen LogP contribution is -2.22. The summed E-state index contributed by atoms with van der Waals surface area (Å²) in [6.45, 7) is 5.76. The molecular formula is C16H23N3. The zero-order valence-electron chi connectivity index (χ0n) is 12.0. The van der Waals surface area contributed by atoms with Gasteiger partial charge in [-0.25, -0.2) is 4.99 Å². The van der Waals surface area contributed by atoms with E-state index in [4.69, 9.17) is 4.99 Å². The van der Waals surface area contributed by atoms with Gasteiger partial charge in [0.05, 0.1) is 11.4 Å². The van der Waals surface area contributed by atoms with Crippen molar-refractivity contribution in [1.82, 2.24) is 4.90 Å². The van der Waals surface area contributed by atoms with Crippen LogP contribution in [0.5, 0.6) is 0 Å². The Morgan fingerprint density at radius 1 is 1.11 bits per heavy atom. The number of benzene rings is 1. The van der Waals surface area contributed by atoms with Crippen LogP contribution in [0.4, 0.5) is 11.4 Å². The van der Waals surface area contributed by atoms with E-state index in [-0.39, 0.29) is 0 Å². The molecule has 2 aliphatic heterocycles. The van der Waals surface area contributed by atoms with Crippen LogP contribution in [0, 0.1) is 5.92 Å². The van der Waals surface area contributed by atoms with Gasteiger partial charge in [0.25, 0.3) is 0 Å². The Labute approximate surface area is 115 Å². The number of aliphatic imine (C=N–C) groups is 1. The lowest BCUT2D eigenvalue weighted by Gasteiger charge is -2.21. The number of likely N-dealkylation sites (tertiary alicyclic amines) is 1. The molecule has 1 atom stereocenters. The summed E-state index contributed by atoms with van der Waals surface area (Å²) in [7, 11) is 2.15. The Bertz CT molecular complexity index is 463. The SMILES string of the molecule is CC1CCN(C)/C1=N/c1ccccc1N1CCCC1. The molecule has 1 aromatic rings. The number of hydrogen-bond donors (Lipinski definition) is 0. The van der Waals surface area contributed by atoms with Crippen molar-refractivity contribution in [3.05, 3.63) is 24.3 Å². The summed E-state index contributed by atoms with van der Waals surface area (Å²) in [6, 6.07) is 8.58. The van der Waals surface area contributed by atoms with Gasteiger partial charge in [0, 0.05) is 32.6 Å². The monoisotopic (exact) mass is 257 g/mol. The largest absolute Gasteiger partial charge is 0.370 e. The average Bonchev–Trinajstić information content (AvgIpc) is 3.05. The van der Waals surface area contributed by atoms with Crippen LogP contribution in [0.25, 0.3) is 0 Å². The quantitative estimate of drug-likeness (QED) is 0.809.